The normalized spacial score (nSPS) is 12.4. The van der Waals surface area contributed by atoms with Crippen molar-refractivity contribution in [2.24, 2.45) is 0 Å². The van der Waals surface area contributed by atoms with Crippen LogP contribution >= 0.6 is 23.4 Å². The van der Waals surface area contributed by atoms with Crippen LogP contribution in [0.2, 0.25) is 5.02 Å². The van der Waals surface area contributed by atoms with Crippen molar-refractivity contribution >= 4 is 35.0 Å². The topological polar surface area (TPSA) is 93.3 Å². The fraction of sp³-hybridized carbons (Fsp3) is 0.190. The molecule has 1 amide bonds. The first-order chi connectivity index (χ1) is 14.5. The molecule has 30 heavy (non-hydrogen) atoms. The molecule has 0 saturated carbocycles. The van der Waals surface area contributed by atoms with E-state index in [2.05, 4.69) is 15.3 Å². The third-order valence-electron chi connectivity index (χ3n) is 4.21. The molecule has 1 aromatic heterocycles. The number of rotatable bonds is 6. The molecule has 1 aliphatic rings. The number of carbonyl (C=O) groups excluding carboxylic acids is 1. The van der Waals surface area contributed by atoms with Gasteiger partial charge in [0.2, 0.25) is 5.91 Å². The van der Waals surface area contributed by atoms with Gasteiger partial charge in [-0.2, -0.15) is 0 Å². The van der Waals surface area contributed by atoms with Gasteiger partial charge in [-0.3, -0.25) is 9.59 Å². The van der Waals surface area contributed by atoms with Crippen LogP contribution in [0.5, 0.6) is 11.5 Å². The number of hydrogen-bond acceptors (Lipinski definition) is 6. The van der Waals surface area contributed by atoms with E-state index in [4.69, 9.17) is 21.1 Å². The molecular weight excluding hydrogens is 426 g/mol. The maximum atomic E-state index is 12.4. The number of anilines is 1. The zero-order valence-electron chi connectivity index (χ0n) is 15.8. The lowest BCUT2D eigenvalue weighted by Crippen LogP contribution is -2.19. The average Bonchev–Trinajstić information content (AvgIpc) is 2.72. The largest absolute Gasteiger partial charge is 0.486 e. The molecule has 0 aliphatic carbocycles. The van der Waals surface area contributed by atoms with Crippen LogP contribution in [0.4, 0.5) is 5.69 Å². The second-order valence-corrected chi connectivity index (χ2v) is 7.94. The van der Waals surface area contributed by atoms with Gasteiger partial charge in [0, 0.05) is 28.6 Å². The number of benzene rings is 2. The number of aromatic nitrogens is 2. The number of halogens is 1. The van der Waals surface area contributed by atoms with Crippen LogP contribution in [0.1, 0.15) is 11.3 Å². The molecule has 7 nitrogen and oxygen atoms in total. The first-order valence-corrected chi connectivity index (χ1v) is 10.6. The van der Waals surface area contributed by atoms with E-state index in [1.54, 1.807) is 24.3 Å². The number of aromatic amines is 1. The van der Waals surface area contributed by atoms with Crippen LogP contribution < -0.4 is 20.3 Å². The fourth-order valence-electron chi connectivity index (χ4n) is 2.91. The summed E-state index contributed by atoms with van der Waals surface area (Å²) in [5.74, 6) is 1.55. The molecule has 2 heterocycles. The molecule has 0 bridgehead atoms. The average molecular weight is 444 g/mol. The van der Waals surface area contributed by atoms with Crippen LogP contribution in [0.3, 0.4) is 0 Å². The molecule has 0 spiro atoms. The standard InChI is InChI=1S/C21H18ClN3O4S/c22-14-3-1-2-13(8-14)12-30-21-24-16(11-20(27)25-21)10-19(26)23-15-4-5-17-18(9-15)29-7-6-28-17/h1-5,8-9,11H,6-7,10,12H2,(H,23,26)(H,24,25,27). The van der Waals surface area contributed by atoms with E-state index in [1.165, 1.54) is 17.8 Å². The van der Waals surface area contributed by atoms with Gasteiger partial charge >= 0.3 is 0 Å². The van der Waals surface area contributed by atoms with Crippen LogP contribution in [0, 0.1) is 0 Å². The SMILES string of the molecule is O=C(Cc1cc(=O)[nH]c(SCc2cccc(Cl)c2)n1)Nc1ccc2c(c1)OCCO2. The maximum absolute atomic E-state index is 12.4. The van der Waals surface area contributed by atoms with E-state index in [0.29, 0.717) is 52.0 Å². The highest BCUT2D eigenvalue weighted by Crippen LogP contribution is 2.32. The molecule has 0 radical (unpaired) electrons. The Labute approximate surface area is 181 Å². The molecule has 2 N–H and O–H groups in total. The number of carbonyl (C=O) groups is 1. The van der Waals surface area contributed by atoms with Crippen molar-refractivity contribution in [1.29, 1.82) is 0 Å². The maximum Gasteiger partial charge on any atom is 0.251 e. The summed E-state index contributed by atoms with van der Waals surface area (Å²) in [5.41, 5.74) is 1.68. The highest BCUT2D eigenvalue weighted by atomic mass is 35.5. The number of nitrogens with zero attached hydrogens (tertiary/aromatic N) is 1. The molecule has 154 valence electrons. The summed E-state index contributed by atoms with van der Waals surface area (Å²) in [4.78, 5) is 31.5. The lowest BCUT2D eigenvalue weighted by molar-refractivity contribution is -0.115. The third-order valence-corrected chi connectivity index (χ3v) is 5.38. The van der Waals surface area contributed by atoms with Gasteiger partial charge in [0.05, 0.1) is 12.1 Å². The molecular formula is C21H18ClN3O4S. The molecule has 4 rings (SSSR count). The first kappa shape index (κ1) is 20.3. The summed E-state index contributed by atoms with van der Waals surface area (Å²) in [7, 11) is 0. The van der Waals surface area contributed by atoms with Crippen molar-refractivity contribution in [3.63, 3.8) is 0 Å². The minimum absolute atomic E-state index is 0.0247. The monoisotopic (exact) mass is 443 g/mol. The third kappa shape index (κ3) is 5.34. The molecule has 0 atom stereocenters. The summed E-state index contributed by atoms with van der Waals surface area (Å²) in [6.07, 6.45) is -0.0247. The number of amides is 1. The van der Waals surface area contributed by atoms with Gasteiger partial charge in [-0.15, -0.1) is 0 Å². The van der Waals surface area contributed by atoms with Crippen molar-refractivity contribution < 1.29 is 14.3 Å². The molecule has 0 unspecified atom stereocenters. The molecule has 0 saturated heterocycles. The number of ether oxygens (including phenoxy) is 2. The second kappa shape index (κ2) is 9.23. The van der Waals surface area contributed by atoms with Gasteiger partial charge in [-0.05, 0) is 29.8 Å². The smallest absolute Gasteiger partial charge is 0.251 e. The molecule has 3 aromatic rings. The first-order valence-electron chi connectivity index (χ1n) is 9.22. The Kier molecular flexibility index (Phi) is 6.25. The number of thioether (sulfide) groups is 1. The van der Waals surface area contributed by atoms with Crippen molar-refractivity contribution in [1.82, 2.24) is 9.97 Å². The van der Waals surface area contributed by atoms with Crippen molar-refractivity contribution in [2.45, 2.75) is 17.3 Å². The van der Waals surface area contributed by atoms with Gasteiger partial charge in [-0.1, -0.05) is 35.5 Å². The number of hydrogen-bond donors (Lipinski definition) is 2. The summed E-state index contributed by atoms with van der Waals surface area (Å²) >= 11 is 7.37. The summed E-state index contributed by atoms with van der Waals surface area (Å²) in [5, 5.41) is 3.90. The van der Waals surface area contributed by atoms with E-state index in [-0.39, 0.29) is 17.9 Å². The Morgan fingerprint density at radius 3 is 2.80 bits per heavy atom. The lowest BCUT2D eigenvalue weighted by Gasteiger charge is -2.19. The Morgan fingerprint density at radius 1 is 1.13 bits per heavy atom. The Morgan fingerprint density at radius 2 is 1.97 bits per heavy atom. The zero-order chi connectivity index (χ0) is 20.9. The zero-order valence-corrected chi connectivity index (χ0v) is 17.4. The summed E-state index contributed by atoms with van der Waals surface area (Å²) in [6, 6.07) is 14.0. The van der Waals surface area contributed by atoms with E-state index in [1.807, 2.05) is 18.2 Å². The van der Waals surface area contributed by atoms with Crippen LogP contribution in [0.15, 0.2) is 58.5 Å². The van der Waals surface area contributed by atoms with E-state index >= 15 is 0 Å². The highest BCUT2D eigenvalue weighted by Gasteiger charge is 2.14. The lowest BCUT2D eigenvalue weighted by atomic mass is 10.2. The van der Waals surface area contributed by atoms with Crippen molar-refractivity contribution in [2.75, 3.05) is 18.5 Å². The Bertz CT molecular complexity index is 1140. The van der Waals surface area contributed by atoms with Crippen LogP contribution in [-0.2, 0) is 17.0 Å². The number of nitrogens with one attached hydrogen (secondary N) is 2. The van der Waals surface area contributed by atoms with Gasteiger partial charge < -0.3 is 19.8 Å². The predicted octanol–water partition coefficient (Wildman–Crippen LogP) is 3.67. The predicted molar refractivity (Wildman–Crippen MR) is 116 cm³/mol. The number of H-pyrrole nitrogens is 1. The Hall–Kier alpha value is -2.97. The fourth-order valence-corrected chi connectivity index (χ4v) is 3.96. The van der Waals surface area contributed by atoms with Crippen LogP contribution in [-0.4, -0.2) is 29.1 Å². The minimum atomic E-state index is -0.305. The van der Waals surface area contributed by atoms with Crippen molar-refractivity contribution in [3.8, 4) is 11.5 Å². The van der Waals surface area contributed by atoms with Crippen LogP contribution in [0.25, 0.3) is 0 Å². The minimum Gasteiger partial charge on any atom is -0.486 e. The highest BCUT2D eigenvalue weighted by molar-refractivity contribution is 7.98. The molecule has 1 aliphatic heterocycles. The molecule has 0 fully saturated rings. The van der Waals surface area contributed by atoms with Gasteiger partial charge in [0.1, 0.15) is 13.2 Å². The quantitative estimate of drug-likeness (QED) is 0.446. The van der Waals surface area contributed by atoms with E-state index < -0.39 is 0 Å². The van der Waals surface area contributed by atoms with Crippen molar-refractivity contribution in [3.05, 3.63) is 75.2 Å². The van der Waals surface area contributed by atoms with Gasteiger partial charge in [0.25, 0.3) is 5.56 Å². The van der Waals surface area contributed by atoms with E-state index in [0.717, 1.165) is 5.56 Å². The van der Waals surface area contributed by atoms with Gasteiger partial charge in [0.15, 0.2) is 16.7 Å². The van der Waals surface area contributed by atoms with E-state index in [9.17, 15) is 9.59 Å². The van der Waals surface area contributed by atoms with Gasteiger partial charge in [-0.25, -0.2) is 4.98 Å². The molecule has 2 aromatic carbocycles. The Balaban J connectivity index is 1.40. The second-order valence-electron chi connectivity index (χ2n) is 6.54. The molecule has 9 heteroatoms. The summed E-state index contributed by atoms with van der Waals surface area (Å²) in [6.45, 7) is 0.974. The number of fused-ring (bicyclic) bond motifs is 1. The summed E-state index contributed by atoms with van der Waals surface area (Å²) < 4.78 is 11.0.